The van der Waals surface area contributed by atoms with Crippen LogP contribution in [0.25, 0.3) is 0 Å². The smallest absolute Gasteiger partial charge is 0.266 e. The van der Waals surface area contributed by atoms with Crippen molar-refractivity contribution in [1.82, 2.24) is 4.98 Å². The van der Waals surface area contributed by atoms with Gasteiger partial charge in [0.15, 0.2) is 0 Å². The number of nitro groups is 1. The number of hydrogen-bond acceptors (Lipinski definition) is 5. The van der Waals surface area contributed by atoms with E-state index in [1.165, 1.54) is 34.8 Å². The van der Waals surface area contributed by atoms with Gasteiger partial charge in [-0.2, -0.15) is 0 Å². The molecule has 1 aromatic carbocycles. The van der Waals surface area contributed by atoms with E-state index < -0.39 is 14.9 Å². The van der Waals surface area contributed by atoms with Crippen molar-refractivity contribution < 1.29 is 13.3 Å². The Hall–Kier alpha value is -2.19. The summed E-state index contributed by atoms with van der Waals surface area (Å²) in [6.07, 6.45) is 2.51. The molecule has 0 aliphatic carbocycles. The van der Waals surface area contributed by atoms with E-state index in [2.05, 4.69) is 4.98 Å². The van der Waals surface area contributed by atoms with Crippen molar-refractivity contribution in [2.24, 2.45) is 0 Å². The summed E-state index contributed by atoms with van der Waals surface area (Å²) in [6.45, 7) is 0.263. The zero-order chi connectivity index (χ0) is 16.6. The summed E-state index contributed by atoms with van der Waals surface area (Å²) in [7, 11) is -3.85. The first-order chi connectivity index (χ1) is 10.9. The van der Waals surface area contributed by atoms with Crippen molar-refractivity contribution in [1.29, 1.82) is 0 Å². The van der Waals surface area contributed by atoms with Crippen LogP contribution in [0.2, 0.25) is 5.15 Å². The maximum absolute atomic E-state index is 12.8. The van der Waals surface area contributed by atoms with Gasteiger partial charge in [0.05, 0.1) is 10.6 Å². The summed E-state index contributed by atoms with van der Waals surface area (Å²) in [4.78, 5) is 14.2. The van der Waals surface area contributed by atoms with Crippen molar-refractivity contribution >= 4 is 33.0 Å². The van der Waals surface area contributed by atoms with Gasteiger partial charge < -0.3 is 0 Å². The average Bonchev–Trinajstić information content (AvgIpc) is 2.54. The van der Waals surface area contributed by atoms with Gasteiger partial charge in [0.25, 0.3) is 15.7 Å². The van der Waals surface area contributed by atoms with E-state index in [0.29, 0.717) is 18.5 Å². The van der Waals surface area contributed by atoms with E-state index in [4.69, 9.17) is 11.6 Å². The van der Waals surface area contributed by atoms with Gasteiger partial charge in [0.1, 0.15) is 10.0 Å². The predicted octanol–water partition coefficient (Wildman–Crippen LogP) is 2.78. The molecule has 0 amide bonds. The molecule has 9 heteroatoms. The first kappa shape index (κ1) is 15.7. The Morgan fingerprint density at radius 1 is 1.26 bits per heavy atom. The molecule has 1 aliphatic heterocycles. The summed E-state index contributed by atoms with van der Waals surface area (Å²) >= 11 is 5.69. The minimum atomic E-state index is -3.85. The topological polar surface area (TPSA) is 93.4 Å². The average molecular weight is 354 g/mol. The van der Waals surface area contributed by atoms with Crippen LogP contribution in [0.1, 0.15) is 12.0 Å². The molecule has 2 heterocycles. The molecular weight excluding hydrogens is 342 g/mol. The van der Waals surface area contributed by atoms with Gasteiger partial charge in [-0.25, -0.2) is 13.4 Å². The summed E-state index contributed by atoms with van der Waals surface area (Å²) in [6, 6.07) is 7.06. The fraction of sp³-hybridized carbons (Fsp3) is 0.214. The van der Waals surface area contributed by atoms with Gasteiger partial charge in [-0.3, -0.25) is 14.4 Å². The highest BCUT2D eigenvalue weighted by atomic mass is 35.5. The number of fused-ring (bicyclic) bond motifs is 1. The Morgan fingerprint density at radius 2 is 2.04 bits per heavy atom. The number of anilines is 1. The fourth-order valence-corrected chi connectivity index (χ4v) is 4.13. The van der Waals surface area contributed by atoms with Crippen LogP contribution in [0.3, 0.4) is 0 Å². The molecule has 0 radical (unpaired) electrons. The number of benzene rings is 1. The van der Waals surface area contributed by atoms with Gasteiger partial charge in [-0.15, -0.1) is 0 Å². The molecule has 120 valence electrons. The highest BCUT2D eigenvalue weighted by Gasteiger charge is 2.30. The van der Waals surface area contributed by atoms with E-state index in [1.54, 1.807) is 6.07 Å². The largest absolute Gasteiger partial charge is 0.271 e. The second kappa shape index (κ2) is 5.78. The number of rotatable bonds is 3. The van der Waals surface area contributed by atoms with Crippen LogP contribution in [0.5, 0.6) is 0 Å². The zero-order valence-corrected chi connectivity index (χ0v) is 13.4. The van der Waals surface area contributed by atoms with E-state index in [-0.39, 0.29) is 22.3 Å². The van der Waals surface area contributed by atoms with Gasteiger partial charge in [0, 0.05) is 24.9 Å². The van der Waals surface area contributed by atoms with Crippen LogP contribution in [0, 0.1) is 10.1 Å². The molecule has 0 bridgehead atoms. The van der Waals surface area contributed by atoms with E-state index in [0.717, 1.165) is 5.56 Å². The third-order valence-corrected chi connectivity index (χ3v) is 5.66. The third-order valence-electron chi connectivity index (χ3n) is 3.64. The number of aryl methyl sites for hydroxylation is 1. The van der Waals surface area contributed by atoms with Crippen LogP contribution < -0.4 is 4.31 Å². The Labute approximate surface area is 137 Å². The Kier molecular flexibility index (Phi) is 3.95. The molecule has 23 heavy (non-hydrogen) atoms. The molecule has 2 aromatic rings. The zero-order valence-electron chi connectivity index (χ0n) is 11.8. The quantitative estimate of drug-likeness (QED) is 0.480. The second-order valence-corrected chi connectivity index (χ2v) is 7.32. The molecule has 1 aliphatic rings. The van der Waals surface area contributed by atoms with E-state index >= 15 is 0 Å². The summed E-state index contributed by atoms with van der Waals surface area (Å²) in [5.74, 6) is 0. The first-order valence-corrected chi connectivity index (χ1v) is 8.63. The first-order valence-electron chi connectivity index (χ1n) is 6.81. The molecule has 0 fully saturated rings. The van der Waals surface area contributed by atoms with Crippen molar-refractivity contribution in [3.8, 4) is 0 Å². The predicted molar refractivity (Wildman–Crippen MR) is 85.2 cm³/mol. The van der Waals surface area contributed by atoms with E-state index in [9.17, 15) is 18.5 Å². The number of halogens is 1. The molecule has 7 nitrogen and oxygen atoms in total. The normalized spacial score (nSPS) is 14.4. The van der Waals surface area contributed by atoms with Crippen LogP contribution in [0.4, 0.5) is 11.4 Å². The number of pyridine rings is 1. The lowest BCUT2D eigenvalue weighted by Crippen LogP contribution is -2.35. The Balaban J connectivity index is 2.10. The standard InChI is InChI=1S/C14H12ClN3O4S/c15-14-6-5-12(9-16-14)23(21,22)17-7-1-2-10-3-4-11(18(19)20)8-13(10)17/h3-6,8-9H,1-2,7H2. The van der Waals surface area contributed by atoms with Crippen molar-refractivity contribution in [3.63, 3.8) is 0 Å². The third kappa shape index (κ3) is 2.87. The molecule has 0 saturated carbocycles. The lowest BCUT2D eigenvalue weighted by molar-refractivity contribution is -0.384. The number of aromatic nitrogens is 1. The lowest BCUT2D eigenvalue weighted by Gasteiger charge is -2.30. The van der Waals surface area contributed by atoms with Crippen molar-refractivity contribution in [2.75, 3.05) is 10.8 Å². The molecule has 0 unspecified atom stereocenters. The second-order valence-electron chi connectivity index (χ2n) is 5.07. The molecular formula is C14H12ClN3O4S. The summed E-state index contributed by atoms with van der Waals surface area (Å²) < 4.78 is 26.8. The lowest BCUT2D eigenvalue weighted by atomic mass is 10.0. The van der Waals surface area contributed by atoms with Crippen molar-refractivity contribution in [3.05, 3.63) is 57.4 Å². The van der Waals surface area contributed by atoms with E-state index in [1.807, 2.05) is 0 Å². The van der Waals surface area contributed by atoms with Crippen LogP contribution in [-0.4, -0.2) is 24.9 Å². The fourth-order valence-electron chi connectivity index (χ4n) is 2.53. The highest BCUT2D eigenvalue weighted by Crippen LogP contribution is 2.34. The number of nitro benzene ring substituents is 1. The molecule has 0 N–H and O–H groups in total. The molecule has 0 spiro atoms. The monoisotopic (exact) mass is 353 g/mol. The van der Waals surface area contributed by atoms with Crippen molar-refractivity contribution in [2.45, 2.75) is 17.7 Å². The Bertz CT molecular complexity index is 868. The van der Waals surface area contributed by atoms with Gasteiger partial charge in [-0.05, 0) is 30.5 Å². The minimum absolute atomic E-state index is 0.00116. The maximum atomic E-state index is 12.8. The highest BCUT2D eigenvalue weighted by molar-refractivity contribution is 7.92. The number of non-ortho nitro benzene ring substituents is 1. The number of hydrogen-bond donors (Lipinski definition) is 0. The van der Waals surface area contributed by atoms with Gasteiger partial charge in [0.2, 0.25) is 0 Å². The van der Waals surface area contributed by atoms with Gasteiger partial charge >= 0.3 is 0 Å². The molecule has 0 saturated heterocycles. The number of sulfonamides is 1. The number of nitrogens with zero attached hydrogens (tertiary/aromatic N) is 3. The maximum Gasteiger partial charge on any atom is 0.271 e. The minimum Gasteiger partial charge on any atom is -0.266 e. The van der Waals surface area contributed by atoms with Crippen LogP contribution >= 0.6 is 11.6 Å². The molecule has 3 rings (SSSR count). The molecule has 1 aromatic heterocycles. The summed E-state index contributed by atoms with van der Waals surface area (Å²) in [5, 5.41) is 11.2. The molecule has 0 atom stereocenters. The van der Waals surface area contributed by atoms with Crippen LogP contribution in [-0.2, 0) is 16.4 Å². The Morgan fingerprint density at radius 3 is 2.70 bits per heavy atom. The van der Waals surface area contributed by atoms with Gasteiger partial charge in [-0.1, -0.05) is 17.7 Å². The summed E-state index contributed by atoms with van der Waals surface area (Å²) in [5.41, 5.74) is 0.979. The van der Waals surface area contributed by atoms with Crippen LogP contribution in [0.15, 0.2) is 41.4 Å². The SMILES string of the molecule is O=[N+]([O-])c1ccc2c(c1)N(S(=O)(=O)c1ccc(Cl)nc1)CCC2.